The van der Waals surface area contributed by atoms with E-state index >= 15 is 0 Å². The molecule has 1 aliphatic rings. The Bertz CT molecular complexity index is 998. The molecule has 1 aromatic carbocycles. The van der Waals surface area contributed by atoms with Crippen LogP contribution < -0.4 is 14.8 Å². The number of aromatic nitrogens is 3. The van der Waals surface area contributed by atoms with Gasteiger partial charge in [-0.2, -0.15) is 0 Å². The van der Waals surface area contributed by atoms with Gasteiger partial charge in [-0.1, -0.05) is 6.07 Å². The molecule has 0 atom stereocenters. The first kappa shape index (κ1) is 17.0. The van der Waals surface area contributed by atoms with Crippen LogP contribution in [0.3, 0.4) is 0 Å². The van der Waals surface area contributed by atoms with Crippen LogP contribution in [0.2, 0.25) is 0 Å². The van der Waals surface area contributed by atoms with Gasteiger partial charge in [-0.05, 0) is 30.3 Å². The van der Waals surface area contributed by atoms with Gasteiger partial charge in [0.15, 0.2) is 28.8 Å². The molecule has 1 N–H and O–H groups in total. The number of ketones is 1. The van der Waals surface area contributed by atoms with E-state index < -0.39 is 0 Å². The number of amides is 1. The van der Waals surface area contributed by atoms with Crippen molar-refractivity contribution in [1.82, 2.24) is 19.9 Å². The molecule has 1 aliphatic heterocycles. The number of nitrogens with one attached hydrogen (secondary N) is 1. The van der Waals surface area contributed by atoms with Gasteiger partial charge in [0.25, 0.3) is 0 Å². The summed E-state index contributed by atoms with van der Waals surface area (Å²) in [6.07, 6.45) is 2.05. The molecule has 0 fully saturated rings. The summed E-state index contributed by atoms with van der Waals surface area (Å²) in [6, 6.07) is 10.7. The van der Waals surface area contributed by atoms with Gasteiger partial charge in [0.05, 0.1) is 6.54 Å². The number of hydrogen-bond acceptors (Lipinski definition) is 6. The molecule has 3 heterocycles. The third-order valence-corrected chi connectivity index (χ3v) is 4.27. The summed E-state index contributed by atoms with van der Waals surface area (Å²) in [4.78, 5) is 24.4. The molecule has 27 heavy (non-hydrogen) atoms. The van der Waals surface area contributed by atoms with Crippen LogP contribution in [0.25, 0.3) is 5.65 Å². The van der Waals surface area contributed by atoms with Crippen molar-refractivity contribution in [3.05, 3.63) is 54.0 Å². The lowest BCUT2D eigenvalue weighted by atomic mass is 10.1. The minimum Gasteiger partial charge on any atom is -0.486 e. The zero-order valence-electron chi connectivity index (χ0n) is 14.6. The van der Waals surface area contributed by atoms with Crippen molar-refractivity contribution in [3.8, 4) is 11.5 Å². The number of fused-ring (bicyclic) bond motifs is 2. The Balaban J connectivity index is 1.30. The highest BCUT2D eigenvalue weighted by Gasteiger charge is 2.16. The molecule has 2 aromatic heterocycles. The topological polar surface area (TPSA) is 94.8 Å². The van der Waals surface area contributed by atoms with Crippen LogP contribution in [0.15, 0.2) is 42.6 Å². The predicted molar refractivity (Wildman–Crippen MR) is 95.8 cm³/mol. The number of ether oxygens (including phenoxy) is 2. The van der Waals surface area contributed by atoms with Crippen LogP contribution in [0, 0.1) is 0 Å². The maximum Gasteiger partial charge on any atom is 0.220 e. The Hall–Kier alpha value is -3.42. The van der Waals surface area contributed by atoms with Crippen LogP contribution in [0.5, 0.6) is 11.5 Å². The Kier molecular flexibility index (Phi) is 4.69. The first-order chi connectivity index (χ1) is 13.2. The SMILES string of the molecule is O=C(CCC(=O)c1ccc2c(c1)OCCO2)NCc1nnc2ccccn12. The van der Waals surface area contributed by atoms with Crippen molar-refractivity contribution in [2.45, 2.75) is 19.4 Å². The molecule has 138 valence electrons. The second-order valence-electron chi connectivity index (χ2n) is 6.10. The molecular formula is C19H18N4O4. The van der Waals surface area contributed by atoms with Crippen LogP contribution in [0.1, 0.15) is 29.0 Å². The van der Waals surface area contributed by atoms with Gasteiger partial charge in [-0.3, -0.25) is 14.0 Å². The summed E-state index contributed by atoms with van der Waals surface area (Å²) in [5, 5.41) is 10.9. The number of nitrogens with zero attached hydrogens (tertiary/aromatic N) is 3. The number of pyridine rings is 1. The second kappa shape index (κ2) is 7.45. The predicted octanol–water partition coefficient (Wildman–Crippen LogP) is 1.78. The Labute approximate surface area is 155 Å². The lowest BCUT2D eigenvalue weighted by Gasteiger charge is -2.18. The lowest BCUT2D eigenvalue weighted by Crippen LogP contribution is -2.24. The van der Waals surface area contributed by atoms with Crippen molar-refractivity contribution < 1.29 is 19.1 Å². The largest absolute Gasteiger partial charge is 0.486 e. The number of hydrogen-bond donors (Lipinski definition) is 1. The van der Waals surface area contributed by atoms with E-state index in [2.05, 4.69) is 15.5 Å². The number of benzene rings is 1. The Morgan fingerprint density at radius 1 is 1.04 bits per heavy atom. The van der Waals surface area contributed by atoms with Gasteiger partial charge in [-0.25, -0.2) is 0 Å². The standard InChI is InChI=1S/C19H18N4O4/c24-14(13-4-6-15-16(11-13)27-10-9-26-15)5-7-19(25)20-12-18-22-21-17-3-1-2-8-23(17)18/h1-4,6,8,11H,5,7,9-10,12H2,(H,20,25). The van der Waals surface area contributed by atoms with E-state index in [1.165, 1.54) is 0 Å². The molecule has 0 saturated heterocycles. The van der Waals surface area contributed by atoms with Gasteiger partial charge in [-0.15, -0.1) is 10.2 Å². The highest BCUT2D eigenvalue weighted by molar-refractivity contribution is 5.98. The van der Waals surface area contributed by atoms with Gasteiger partial charge in [0, 0.05) is 24.6 Å². The van der Waals surface area contributed by atoms with Crippen LogP contribution in [-0.2, 0) is 11.3 Å². The average molecular weight is 366 g/mol. The van der Waals surface area contributed by atoms with E-state index in [1.807, 2.05) is 24.4 Å². The summed E-state index contributed by atoms with van der Waals surface area (Å²) in [5.74, 6) is 1.51. The molecule has 0 saturated carbocycles. The minimum atomic E-state index is -0.214. The first-order valence-electron chi connectivity index (χ1n) is 8.69. The summed E-state index contributed by atoms with van der Waals surface area (Å²) in [5.41, 5.74) is 1.23. The number of rotatable bonds is 6. The first-order valence-corrected chi connectivity index (χ1v) is 8.69. The van der Waals surface area contributed by atoms with Crippen molar-refractivity contribution in [1.29, 1.82) is 0 Å². The Morgan fingerprint density at radius 3 is 2.78 bits per heavy atom. The van der Waals surface area contributed by atoms with E-state index in [1.54, 1.807) is 22.6 Å². The van der Waals surface area contributed by atoms with Crippen molar-refractivity contribution in [3.63, 3.8) is 0 Å². The van der Waals surface area contributed by atoms with Crippen LogP contribution in [-0.4, -0.2) is 39.5 Å². The number of carbonyl (C=O) groups excluding carboxylic acids is 2. The molecule has 4 rings (SSSR count). The molecule has 1 amide bonds. The zero-order valence-corrected chi connectivity index (χ0v) is 14.6. The van der Waals surface area contributed by atoms with Gasteiger partial charge in [0.2, 0.25) is 5.91 Å². The lowest BCUT2D eigenvalue weighted by molar-refractivity contribution is -0.121. The van der Waals surface area contributed by atoms with Gasteiger partial charge >= 0.3 is 0 Å². The summed E-state index contributed by atoms with van der Waals surface area (Å²) >= 11 is 0. The minimum absolute atomic E-state index is 0.101. The molecule has 0 unspecified atom stereocenters. The maximum atomic E-state index is 12.3. The fourth-order valence-electron chi connectivity index (χ4n) is 2.87. The average Bonchev–Trinajstić information content (AvgIpc) is 3.13. The van der Waals surface area contributed by atoms with E-state index in [-0.39, 0.29) is 31.1 Å². The molecule has 0 spiro atoms. The van der Waals surface area contributed by atoms with Gasteiger partial charge in [0.1, 0.15) is 13.2 Å². The van der Waals surface area contributed by atoms with Crippen LogP contribution in [0.4, 0.5) is 0 Å². The molecular weight excluding hydrogens is 348 g/mol. The van der Waals surface area contributed by atoms with Gasteiger partial charge < -0.3 is 14.8 Å². The summed E-state index contributed by atoms with van der Waals surface area (Å²) in [6.45, 7) is 1.22. The van der Waals surface area contributed by atoms with E-state index in [0.29, 0.717) is 36.1 Å². The van der Waals surface area contributed by atoms with Crippen molar-refractivity contribution in [2.75, 3.05) is 13.2 Å². The van der Waals surface area contributed by atoms with E-state index in [4.69, 9.17) is 9.47 Å². The molecule has 8 nitrogen and oxygen atoms in total. The summed E-state index contributed by atoms with van der Waals surface area (Å²) in [7, 11) is 0. The van der Waals surface area contributed by atoms with Crippen molar-refractivity contribution >= 4 is 17.3 Å². The summed E-state index contributed by atoms with van der Waals surface area (Å²) < 4.78 is 12.7. The molecule has 0 radical (unpaired) electrons. The monoisotopic (exact) mass is 366 g/mol. The molecule has 0 bridgehead atoms. The second-order valence-corrected chi connectivity index (χ2v) is 6.10. The maximum absolute atomic E-state index is 12.3. The number of Topliss-reactive ketones (excluding diaryl/α,β-unsaturated/α-hetero) is 1. The third kappa shape index (κ3) is 3.74. The zero-order chi connectivity index (χ0) is 18.6. The smallest absolute Gasteiger partial charge is 0.220 e. The normalized spacial score (nSPS) is 12.7. The quantitative estimate of drug-likeness (QED) is 0.668. The third-order valence-electron chi connectivity index (χ3n) is 4.27. The highest BCUT2D eigenvalue weighted by Crippen LogP contribution is 2.31. The Morgan fingerprint density at radius 2 is 1.89 bits per heavy atom. The van der Waals surface area contributed by atoms with E-state index in [9.17, 15) is 9.59 Å². The molecule has 3 aromatic rings. The fraction of sp³-hybridized carbons (Fsp3) is 0.263. The molecule has 8 heteroatoms. The fourth-order valence-corrected chi connectivity index (χ4v) is 2.87. The van der Waals surface area contributed by atoms with Crippen molar-refractivity contribution in [2.24, 2.45) is 0 Å². The highest BCUT2D eigenvalue weighted by atomic mass is 16.6. The number of carbonyl (C=O) groups is 2. The van der Waals surface area contributed by atoms with Crippen LogP contribution >= 0.6 is 0 Å². The molecule has 0 aliphatic carbocycles. The van der Waals surface area contributed by atoms with E-state index in [0.717, 1.165) is 5.65 Å².